The minimum atomic E-state index is -0.250. The van der Waals surface area contributed by atoms with E-state index in [0.29, 0.717) is 21.5 Å². The van der Waals surface area contributed by atoms with Crippen molar-refractivity contribution in [2.45, 2.75) is 25.7 Å². The number of thiazole rings is 1. The van der Waals surface area contributed by atoms with Gasteiger partial charge in [0.25, 0.3) is 5.91 Å². The summed E-state index contributed by atoms with van der Waals surface area (Å²) in [6.07, 6.45) is 4.43. The Bertz CT molecular complexity index is 661. The zero-order chi connectivity index (χ0) is 14.8. The van der Waals surface area contributed by atoms with Crippen LogP contribution in [0.2, 0.25) is 5.02 Å². The number of methoxy groups -OCH3 is 1. The first-order chi connectivity index (χ1) is 10.2. The fourth-order valence-electron chi connectivity index (χ4n) is 2.43. The van der Waals surface area contributed by atoms with Crippen molar-refractivity contribution in [3.8, 4) is 5.75 Å². The molecule has 110 valence electrons. The Labute approximate surface area is 132 Å². The predicted octanol–water partition coefficient (Wildman–Crippen LogP) is 3.94. The summed E-state index contributed by atoms with van der Waals surface area (Å²) in [4.78, 5) is 18.2. The van der Waals surface area contributed by atoms with Gasteiger partial charge >= 0.3 is 0 Å². The van der Waals surface area contributed by atoms with Crippen molar-refractivity contribution in [1.29, 1.82) is 0 Å². The van der Waals surface area contributed by atoms with Gasteiger partial charge in [0.2, 0.25) is 0 Å². The van der Waals surface area contributed by atoms with Crippen molar-refractivity contribution in [1.82, 2.24) is 4.98 Å². The lowest BCUT2D eigenvalue weighted by atomic mass is 10.0. The van der Waals surface area contributed by atoms with Gasteiger partial charge in [-0.1, -0.05) is 11.6 Å². The average Bonchev–Trinajstić information content (AvgIpc) is 2.89. The van der Waals surface area contributed by atoms with E-state index in [0.717, 1.165) is 18.5 Å². The Balaban J connectivity index is 1.83. The first kappa shape index (κ1) is 14.4. The standard InChI is InChI=1S/C15H15ClN2O2S/c1-20-12-7-6-9(16)8-10(12)14(19)18-15-17-11-4-2-3-5-13(11)21-15/h6-8H,2-5H2,1H3,(H,17,18,19). The molecule has 1 amide bonds. The van der Waals surface area contributed by atoms with Gasteiger partial charge in [-0.2, -0.15) is 0 Å². The van der Waals surface area contributed by atoms with Gasteiger partial charge in [0.1, 0.15) is 5.75 Å². The quantitative estimate of drug-likeness (QED) is 0.931. The number of hydrogen-bond donors (Lipinski definition) is 1. The molecule has 0 bridgehead atoms. The van der Waals surface area contributed by atoms with Gasteiger partial charge in [0, 0.05) is 9.90 Å². The van der Waals surface area contributed by atoms with Gasteiger partial charge in [-0.05, 0) is 43.9 Å². The molecule has 2 aromatic rings. The smallest absolute Gasteiger partial charge is 0.261 e. The molecule has 0 saturated carbocycles. The van der Waals surface area contributed by atoms with Gasteiger partial charge in [-0.25, -0.2) is 4.98 Å². The van der Waals surface area contributed by atoms with E-state index >= 15 is 0 Å². The third kappa shape index (κ3) is 3.04. The number of carbonyl (C=O) groups is 1. The number of nitrogens with one attached hydrogen (secondary N) is 1. The van der Waals surface area contributed by atoms with E-state index in [1.165, 1.54) is 24.8 Å². The number of benzene rings is 1. The topological polar surface area (TPSA) is 51.2 Å². The number of fused-ring (bicyclic) bond motifs is 1. The molecular formula is C15H15ClN2O2S. The van der Waals surface area contributed by atoms with Crippen LogP contribution in [0, 0.1) is 0 Å². The van der Waals surface area contributed by atoms with Crippen LogP contribution >= 0.6 is 22.9 Å². The minimum Gasteiger partial charge on any atom is -0.496 e. The van der Waals surface area contributed by atoms with Gasteiger partial charge in [-0.15, -0.1) is 11.3 Å². The molecule has 0 fully saturated rings. The summed E-state index contributed by atoms with van der Waals surface area (Å²) >= 11 is 7.51. The van der Waals surface area contributed by atoms with Crippen LogP contribution < -0.4 is 10.1 Å². The number of amides is 1. The number of hydrogen-bond acceptors (Lipinski definition) is 4. The molecule has 0 unspecified atom stereocenters. The number of nitrogens with zero attached hydrogens (tertiary/aromatic N) is 1. The molecule has 21 heavy (non-hydrogen) atoms. The highest BCUT2D eigenvalue weighted by Crippen LogP contribution is 2.30. The van der Waals surface area contributed by atoms with Crippen molar-refractivity contribution in [2.24, 2.45) is 0 Å². The highest BCUT2D eigenvalue weighted by Gasteiger charge is 2.18. The van der Waals surface area contributed by atoms with E-state index in [1.807, 2.05) is 0 Å². The van der Waals surface area contributed by atoms with Crippen LogP contribution in [0.4, 0.5) is 5.13 Å². The largest absolute Gasteiger partial charge is 0.496 e. The average molecular weight is 323 g/mol. The number of ether oxygens (including phenoxy) is 1. The zero-order valence-electron chi connectivity index (χ0n) is 11.6. The molecule has 0 atom stereocenters. The number of rotatable bonds is 3. The lowest BCUT2D eigenvalue weighted by Crippen LogP contribution is -2.13. The Hall–Kier alpha value is -1.59. The summed E-state index contributed by atoms with van der Waals surface area (Å²) in [5.41, 5.74) is 1.54. The molecule has 1 heterocycles. The third-order valence-electron chi connectivity index (χ3n) is 3.47. The lowest BCUT2D eigenvalue weighted by Gasteiger charge is -2.08. The molecule has 1 aliphatic carbocycles. The van der Waals surface area contributed by atoms with Crippen molar-refractivity contribution in [2.75, 3.05) is 12.4 Å². The summed E-state index contributed by atoms with van der Waals surface area (Å²) in [5.74, 6) is 0.249. The molecule has 0 radical (unpaired) electrons. The van der Waals surface area contributed by atoms with Crippen LogP contribution in [0.1, 0.15) is 33.8 Å². The minimum absolute atomic E-state index is 0.250. The summed E-state index contributed by atoms with van der Waals surface area (Å²) in [6.45, 7) is 0. The maximum atomic E-state index is 12.4. The highest BCUT2D eigenvalue weighted by molar-refractivity contribution is 7.15. The third-order valence-corrected chi connectivity index (χ3v) is 4.78. The number of halogens is 1. The molecular weight excluding hydrogens is 308 g/mol. The van der Waals surface area contributed by atoms with E-state index in [2.05, 4.69) is 10.3 Å². The molecule has 0 spiro atoms. The van der Waals surface area contributed by atoms with E-state index in [-0.39, 0.29) is 5.91 Å². The Morgan fingerprint density at radius 3 is 2.95 bits per heavy atom. The SMILES string of the molecule is COc1ccc(Cl)cc1C(=O)Nc1nc2c(s1)CCCC2. The van der Waals surface area contributed by atoms with Crippen LogP contribution in [0.3, 0.4) is 0 Å². The molecule has 1 aromatic heterocycles. The molecule has 1 aliphatic rings. The second-order valence-corrected chi connectivity index (χ2v) is 6.41. The van der Waals surface area contributed by atoms with Gasteiger partial charge in [0.05, 0.1) is 18.4 Å². The Morgan fingerprint density at radius 2 is 2.19 bits per heavy atom. The zero-order valence-corrected chi connectivity index (χ0v) is 13.2. The number of carbonyl (C=O) groups excluding carboxylic acids is 1. The fourth-order valence-corrected chi connectivity index (χ4v) is 3.64. The Kier molecular flexibility index (Phi) is 4.12. The number of aromatic nitrogens is 1. The summed E-state index contributed by atoms with van der Waals surface area (Å²) in [5, 5.41) is 3.99. The summed E-state index contributed by atoms with van der Waals surface area (Å²) < 4.78 is 5.20. The van der Waals surface area contributed by atoms with E-state index in [1.54, 1.807) is 29.5 Å². The van der Waals surface area contributed by atoms with Crippen molar-refractivity contribution in [3.63, 3.8) is 0 Å². The predicted molar refractivity (Wildman–Crippen MR) is 84.7 cm³/mol. The van der Waals surface area contributed by atoms with Crippen molar-refractivity contribution >= 4 is 34.0 Å². The van der Waals surface area contributed by atoms with Crippen LogP contribution in [0.15, 0.2) is 18.2 Å². The molecule has 0 saturated heterocycles. The van der Waals surface area contributed by atoms with Gasteiger partial charge < -0.3 is 4.74 Å². The number of aryl methyl sites for hydroxylation is 2. The molecule has 3 rings (SSSR count). The van der Waals surface area contributed by atoms with Gasteiger partial charge in [0.15, 0.2) is 5.13 Å². The van der Waals surface area contributed by atoms with E-state index in [4.69, 9.17) is 16.3 Å². The molecule has 0 aliphatic heterocycles. The van der Waals surface area contributed by atoms with Crippen LogP contribution in [0.5, 0.6) is 5.75 Å². The Morgan fingerprint density at radius 1 is 1.38 bits per heavy atom. The fraction of sp³-hybridized carbons (Fsp3) is 0.333. The maximum Gasteiger partial charge on any atom is 0.261 e. The monoisotopic (exact) mass is 322 g/mol. The summed E-state index contributed by atoms with van der Waals surface area (Å²) in [6, 6.07) is 4.98. The first-order valence-electron chi connectivity index (χ1n) is 6.81. The lowest BCUT2D eigenvalue weighted by molar-refractivity contribution is 0.102. The molecule has 4 nitrogen and oxygen atoms in total. The molecule has 6 heteroatoms. The van der Waals surface area contributed by atoms with Crippen LogP contribution in [-0.4, -0.2) is 18.0 Å². The molecule has 1 aromatic carbocycles. The van der Waals surface area contributed by atoms with Gasteiger partial charge in [-0.3, -0.25) is 10.1 Å². The van der Waals surface area contributed by atoms with E-state index < -0.39 is 0 Å². The normalized spacial score (nSPS) is 13.6. The summed E-state index contributed by atoms with van der Waals surface area (Å²) in [7, 11) is 1.53. The van der Waals surface area contributed by atoms with Crippen LogP contribution in [-0.2, 0) is 12.8 Å². The van der Waals surface area contributed by atoms with Crippen LogP contribution in [0.25, 0.3) is 0 Å². The number of anilines is 1. The second-order valence-electron chi connectivity index (χ2n) is 4.89. The first-order valence-corrected chi connectivity index (χ1v) is 8.00. The molecule has 1 N–H and O–H groups in total. The van der Waals surface area contributed by atoms with Crippen molar-refractivity contribution in [3.05, 3.63) is 39.4 Å². The highest BCUT2D eigenvalue weighted by atomic mass is 35.5. The van der Waals surface area contributed by atoms with Crippen molar-refractivity contribution < 1.29 is 9.53 Å². The second kappa shape index (κ2) is 6.03. The van der Waals surface area contributed by atoms with E-state index in [9.17, 15) is 4.79 Å². The maximum absolute atomic E-state index is 12.4.